The maximum Gasteiger partial charge on any atom is 0.125 e. The normalized spacial score (nSPS) is 23.3. The number of aromatic nitrogens is 1. The third-order valence-corrected chi connectivity index (χ3v) is 3.14. The predicted molar refractivity (Wildman–Crippen MR) is 65.4 cm³/mol. The van der Waals surface area contributed by atoms with Crippen LogP contribution in [0.3, 0.4) is 0 Å². The van der Waals surface area contributed by atoms with Crippen molar-refractivity contribution in [3.05, 3.63) is 17.8 Å². The number of nitrogens with one attached hydrogen (secondary N) is 1. The van der Waals surface area contributed by atoms with E-state index in [1.807, 2.05) is 0 Å². The number of nitriles is 1. The number of methoxy groups -OCH3 is 1. The Balaban J connectivity index is 2.18. The zero-order valence-corrected chi connectivity index (χ0v) is 9.81. The Kier molecular flexibility index (Phi) is 3.45. The zero-order chi connectivity index (χ0) is 12.3. The lowest BCUT2D eigenvalue weighted by molar-refractivity contribution is 0.101. The second-order valence-corrected chi connectivity index (χ2v) is 4.22. The summed E-state index contributed by atoms with van der Waals surface area (Å²) in [6.07, 6.45) is 4.94. The van der Waals surface area contributed by atoms with Crippen LogP contribution in [0.4, 0.5) is 11.5 Å². The van der Waals surface area contributed by atoms with Crippen LogP contribution in [0.5, 0.6) is 0 Å². The maximum atomic E-state index is 9.00. The Bertz CT molecular complexity index is 441. The van der Waals surface area contributed by atoms with Gasteiger partial charge in [-0.1, -0.05) is 0 Å². The van der Waals surface area contributed by atoms with Gasteiger partial charge in [0.25, 0.3) is 0 Å². The van der Waals surface area contributed by atoms with E-state index in [4.69, 9.17) is 15.7 Å². The topological polar surface area (TPSA) is 84.0 Å². The summed E-state index contributed by atoms with van der Waals surface area (Å²) in [6, 6.07) is 4.05. The van der Waals surface area contributed by atoms with E-state index in [1.165, 1.54) is 6.20 Å². The second-order valence-electron chi connectivity index (χ2n) is 4.22. The van der Waals surface area contributed by atoms with Crippen LogP contribution in [-0.2, 0) is 4.74 Å². The molecule has 0 radical (unpaired) electrons. The van der Waals surface area contributed by atoms with Crippen LogP contribution >= 0.6 is 0 Å². The minimum Gasteiger partial charge on any atom is -0.384 e. The zero-order valence-electron chi connectivity index (χ0n) is 9.81. The summed E-state index contributed by atoms with van der Waals surface area (Å²) in [5.74, 6) is 0.415. The number of hydrogen-bond acceptors (Lipinski definition) is 5. The largest absolute Gasteiger partial charge is 0.384 e. The van der Waals surface area contributed by atoms with Gasteiger partial charge in [0, 0.05) is 19.4 Å². The number of nitrogens with zero attached hydrogens (tertiary/aromatic N) is 2. The van der Waals surface area contributed by atoms with Crippen molar-refractivity contribution < 1.29 is 4.74 Å². The second kappa shape index (κ2) is 5.02. The number of ether oxygens (including phenoxy) is 1. The average Bonchev–Trinajstić information content (AvgIpc) is 2.77. The van der Waals surface area contributed by atoms with Gasteiger partial charge in [0.15, 0.2) is 0 Å². The van der Waals surface area contributed by atoms with Crippen LogP contribution in [0.25, 0.3) is 0 Å². The molecule has 1 heterocycles. The van der Waals surface area contributed by atoms with E-state index in [-0.39, 0.29) is 12.1 Å². The van der Waals surface area contributed by atoms with Crippen molar-refractivity contribution in [1.29, 1.82) is 5.26 Å². The van der Waals surface area contributed by atoms with E-state index in [2.05, 4.69) is 16.4 Å². The first-order valence-corrected chi connectivity index (χ1v) is 5.69. The highest BCUT2D eigenvalue weighted by molar-refractivity contribution is 5.61. The van der Waals surface area contributed by atoms with E-state index < -0.39 is 0 Å². The molecule has 5 heteroatoms. The Hall–Kier alpha value is -1.80. The first-order chi connectivity index (χ1) is 8.24. The summed E-state index contributed by atoms with van der Waals surface area (Å²) in [5.41, 5.74) is 6.89. The van der Waals surface area contributed by atoms with Crippen molar-refractivity contribution in [2.75, 3.05) is 18.2 Å². The van der Waals surface area contributed by atoms with Crippen LogP contribution in [0.15, 0.2) is 12.3 Å². The molecule has 17 heavy (non-hydrogen) atoms. The van der Waals surface area contributed by atoms with Crippen molar-refractivity contribution in [2.45, 2.75) is 31.4 Å². The molecule has 0 aromatic carbocycles. The third-order valence-electron chi connectivity index (χ3n) is 3.14. The molecule has 1 aromatic rings. The number of anilines is 2. The lowest BCUT2D eigenvalue weighted by Crippen LogP contribution is -2.30. The highest BCUT2D eigenvalue weighted by Gasteiger charge is 2.27. The van der Waals surface area contributed by atoms with Gasteiger partial charge in [-0.2, -0.15) is 5.26 Å². The number of nitrogens with two attached hydrogens (primary N) is 1. The monoisotopic (exact) mass is 232 g/mol. The smallest absolute Gasteiger partial charge is 0.125 e. The molecule has 1 aromatic heterocycles. The molecular formula is C12H16N4O. The lowest BCUT2D eigenvalue weighted by atomic mass is 10.1. The summed E-state index contributed by atoms with van der Waals surface area (Å²) in [5, 5.41) is 12.3. The van der Waals surface area contributed by atoms with E-state index in [0.717, 1.165) is 24.9 Å². The molecule has 2 rings (SSSR count). The van der Waals surface area contributed by atoms with Gasteiger partial charge < -0.3 is 15.8 Å². The first-order valence-electron chi connectivity index (χ1n) is 5.69. The Morgan fingerprint density at radius 1 is 1.59 bits per heavy atom. The number of pyridine rings is 1. The number of rotatable bonds is 3. The maximum absolute atomic E-state index is 9.00. The molecule has 5 nitrogen and oxygen atoms in total. The number of nitrogen functional groups attached to an aromatic ring is 1. The van der Waals surface area contributed by atoms with Crippen LogP contribution in [0.2, 0.25) is 0 Å². The summed E-state index contributed by atoms with van der Waals surface area (Å²) in [7, 11) is 1.72. The van der Waals surface area contributed by atoms with Crippen LogP contribution in [0.1, 0.15) is 24.8 Å². The molecule has 0 amide bonds. The van der Waals surface area contributed by atoms with Crippen molar-refractivity contribution in [2.24, 2.45) is 0 Å². The van der Waals surface area contributed by atoms with Crippen LogP contribution in [-0.4, -0.2) is 24.2 Å². The van der Waals surface area contributed by atoms with Crippen molar-refractivity contribution >= 4 is 11.5 Å². The van der Waals surface area contributed by atoms with E-state index in [0.29, 0.717) is 11.4 Å². The predicted octanol–water partition coefficient (Wildman–Crippen LogP) is 1.51. The first kappa shape index (κ1) is 11.7. The van der Waals surface area contributed by atoms with Crippen LogP contribution in [0, 0.1) is 11.3 Å². The highest BCUT2D eigenvalue weighted by atomic mass is 16.5. The van der Waals surface area contributed by atoms with Gasteiger partial charge in [0.05, 0.1) is 23.4 Å². The molecule has 2 atom stereocenters. The molecule has 90 valence electrons. The quantitative estimate of drug-likeness (QED) is 0.825. The van der Waals surface area contributed by atoms with E-state index in [9.17, 15) is 0 Å². The average molecular weight is 232 g/mol. The standard InChI is InChI=1S/C12H16N4O/c1-17-11-4-2-3-9(11)16-10-5-12(14)15-7-8(10)6-13/h5,7,9,11H,2-4H2,1H3,(H3,14,15,16). The molecule has 1 fully saturated rings. The molecule has 0 bridgehead atoms. The van der Waals surface area contributed by atoms with E-state index in [1.54, 1.807) is 13.2 Å². The van der Waals surface area contributed by atoms with Gasteiger partial charge in [-0.25, -0.2) is 4.98 Å². The molecular weight excluding hydrogens is 216 g/mol. The van der Waals surface area contributed by atoms with Gasteiger partial charge >= 0.3 is 0 Å². The Morgan fingerprint density at radius 3 is 3.12 bits per heavy atom. The number of hydrogen-bond donors (Lipinski definition) is 2. The Morgan fingerprint density at radius 2 is 2.41 bits per heavy atom. The third kappa shape index (κ3) is 2.48. The molecule has 1 saturated carbocycles. The van der Waals surface area contributed by atoms with Crippen molar-refractivity contribution in [1.82, 2.24) is 4.98 Å². The minimum atomic E-state index is 0.205. The van der Waals surface area contributed by atoms with E-state index >= 15 is 0 Å². The molecule has 0 saturated heterocycles. The van der Waals surface area contributed by atoms with Gasteiger partial charge in [0.1, 0.15) is 11.9 Å². The fraction of sp³-hybridized carbons (Fsp3) is 0.500. The van der Waals surface area contributed by atoms with Gasteiger partial charge in [-0.3, -0.25) is 0 Å². The SMILES string of the molecule is COC1CCCC1Nc1cc(N)ncc1C#N. The van der Waals surface area contributed by atoms with Crippen LogP contribution < -0.4 is 11.1 Å². The fourth-order valence-electron chi connectivity index (χ4n) is 2.25. The van der Waals surface area contributed by atoms with Gasteiger partial charge in [-0.15, -0.1) is 0 Å². The van der Waals surface area contributed by atoms with Gasteiger partial charge in [0.2, 0.25) is 0 Å². The molecule has 1 aliphatic rings. The summed E-state index contributed by atoms with van der Waals surface area (Å²) >= 11 is 0. The molecule has 1 aliphatic carbocycles. The lowest BCUT2D eigenvalue weighted by Gasteiger charge is -2.21. The molecule has 0 spiro atoms. The molecule has 3 N–H and O–H groups in total. The summed E-state index contributed by atoms with van der Waals surface area (Å²) in [6.45, 7) is 0. The summed E-state index contributed by atoms with van der Waals surface area (Å²) < 4.78 is 5.41. The molecule has 0 aliphatic heterocycles. The Labute approximate surface area is 101 Å². The van der Waals surface area contributed by atoms with Crippen molar-refractivity contribution in [3.8, 4) is 6.07 Å². The summed E-state index contributed by atoms with van der Waals surface area (Å²) in [4.78, 5) is 3.91. The molecule has 2 unspecified atom stereocenters. The fourth-order valence-corrected chi connectivity index (χ4v) is 2.25. The minimum absolute atomic E-state index is 0.205. The van der Waals surface area contributed by atoms with Crippen molar-refractivity contribution in [3.63, 3.8) is 0 Å². The highest BCUT2D eigenvalue weighted by Crippen LogP contribution is 2.26. The van der Waals surface area contributed by atoms with Gasteiger partial charge in [-0.05, 0) is 19.3 Å².